The molecule has 0 unspecified atom stereocenters. The highest BCUT2D eigenvalue weighted by Crippen LogP contribution is 2.21. The van der Waals surface area contributed by atoms with Crippen LogP contribution in [-0.4, -0.2) is 38.1 Å². The molecule has 0 radical (unpaired) electrons. The molecule has 0 fully saturated rings. The first-order valence-corrected chi connectivity index (χ1v) is 8.91. The fourth-order valence-corrected chi connectivity index (χ4v) is 3.03. The minimum absolute atomic E-state index is 0.0481. The predicted molar refractivity (Wildman–Crippen MR) is 103 cm³/mol. The maximum absolute atomic E-state index is 13.1. The first kappa shape index (κ1) is 18.6. The molecule has 0 spiro atoms. The second-order valence-corrected chi connectivity index (χ2v) is 6.33. The van der Waals surface area contributed by atoms with Gasteiger partial charge in [-0.05, 0) is 36.8 Å². The summed E-state index contributed by atoms with van der Waals surface area (Å²) in [4.78, 5) is 34.3. The zero-order valence-corrected chi connectivity index (χ0v) is 15.4. The van der Waals surface area contributed by atoms with E-state index < -0.39 is 5.97 Å². The lowest BCUT2D eigenvalue weighted by molar-refractivity contribution is -0.136. The molecule has 7 nitrogen and oxygen atoms in total. The van der Waals surface area contributed by atoms with Crippen LogP contribution in [-0.2, 0) is 18.3 Å². The number of nitrogens with zero attached hydrogens (tertiary/aromatic N) is 4. The lowest BCUT2D eigenvalue weighted by Gasteiger charge is -2.21. The maximum Gasteiger partial charge on any atom is 0.305 e. The van der Waals surface area contributed by atoms with Gasteiger partial charge in [-0.3, -0.25) is 14.5 Å². The van der Waals surface area contributed by atoms with Crippen LogP contribution in [0.15, 0.2) is 42.6 Å². The zero-order valence-electron chi connectivity index (χ0n) is 15.4. The van der Waals surface area contributed by atoms with Gasteiger partial charge in [-0.2, -0.15) is 0 Å². The maximum atomic E-state index is 13.1. The van der Waals surface area contributed by atoms with Crippen LogP contribution in [0.1, 0.15) is 35.9 Å². The quantitative estimate of drug-likeness (QED) is 0.694. The molecule has 1 N–H and O–H groups in total. The number of rotatable bonds is 7. The van der Waals surface area contributed by atoms with Crippen molar-refractivity contribution in [3.8, 4) is 0 Å². The van der Waals surface area contributed by atoms with Crippen LogP contribution in [0.3, 0.4) is 0 Å². The highest BCUT2D eigenvalue weighted by atomic mass is 16.4. The number of carboxylic acids is 1. The van der Waals surface area contributed by atoms with E-state index in [1.807, 2.05) is 17.7 Å². The minimum Gasteiger partial charge on any atom is -0.481 e. The molecular weight excluding hydrogens is 344 g/mol. The van der Waals surface area contributed by atoms with Gasteiger partial charge in [0, 0.05) is 31.8 Å². The van der Waals surface area contributed by atoms with Crippen LogP contribution in [0, 0.1) is 0 Å². The van der Waals surface area contributed by atoms with Gasteiger partial charge in [-0.1, -0.05) is 13.0 Å². The van der Waals surface area contributed by atoms with E-state index in [2.05, 4.69) is 16.9 Å². The number of hydrogen-bond acceptors (Lipinski definition) is 4. The van der Waals surface area contributed by atoms with Crippen molar-refractivity contribution in [3.63, 3.8) is 0 Å². The average molecular weight is 366 g/mol. The first-order valence-electron chi connectivity index (χ1n) is 8.91. The number of imidazole rings is 1. The van der Waals surface area contributed by atoms with Gasteiger partial charge in [0.05, 0.1) is 17.5 Å². The Bertz CT molecular complexity index is 966. The van der Waals surface area contributed by atoms with Gasteiger partial charge < -0.3 is 9.67 Å². The van der Waals surface area contributed by atoms with Crippen molar-refractivity contribution in [2.24, 2.45) is 7.05 Å². The molecule has 1 aromatic carbocycles. The summed E-state index contributed by atoms with van der Waals surface area (Å²) in [5.74, 6) is 0.147. The summed E-state index contributed by atoms with van der Waals surface area (Å²) in [6, 6.07) is 10.6. The molecule has 0 aliphatic heterocycles. The summed E-state index contributed by atoms with van der Waals surface area (Å²) in [7, 11) is 1.97. The van der Waals surface area contributed by atoms with E-state index in [4.69, 9.17) is 5.11 Å². The second-order valence-electron chi connectivity index (χ2n) is 6.33. The van der Waals surface area contributed by atoms with Crippen molar-refractivity contribution in [1.29, 1.82) is 0 Å². The van der Waals surface area contributed by atoms with Crippen LogP contribution < -0.4 is 4.90 Å². The average Bonchev–Trinajstić information content (AvgIpc) is 2.98. The largest absolute Gasteiger partial charge is 0.481 e. The molecular formula is C20H22N4O3. The van der Waals surface area contributed by atoms with Crippen molar-refractivity contribution >= 4 is 28.7 Å². The zero-order chi connectivity index (χ0) is 19.4. The number of amides is 1. The molecule has 27 heavy (non-hydrogen) atoms. The molecule has 3 aromatic rings. The number of carbonyl (C=O) groups excluding carboxylic acids is 1. The molecule has 0 atom stereocenters. The monoisotopic (exact) mass is 366 g/mol. The summed E-state index contributed by atoms with van der Waals surface area (Å²) in [6.45, 7) is 2.15. The Morgan fingerprint density at radius 3 is 2.70 bits per heavy atom. The highest BCUT2D eigenvalue weighted by Gasteiger charge is 2.21. The number of carbonyl (C=O) groups is 2. The molecule has 0 aliphatic rings. The Labute approximate surface area is 157 Å². The van der Waals surface area contributed by atoms with Gasteiger partial charge in [0.25, 0.3) is 5.91 Å². The molecule has 0 bridgehead atoms. The lowest BCUT2D eigenvalue weighted by atomic mass is 10.1. The second kappa shape index (κ2) is 7.99. The van der Waals surface area contributed by atoms with Gasteiger partial charge in [0.1, 0.15) is 11.6 Å². The van der Waals surface area contributed by atoms with Crippen molar-refractivity contribution in [2.75, 3.05) is 11.4 Å². The lowest BCUT2D eigenvalue weighted by Crippen LogP contribution is -2.33. The van der Waals surface area contributed by atoms with E-state index in [0.29, 0.717) is 11.4 Å². The predicted octanol–water partition coefficient (Wildman–Crippen LogP) is 3.04. The number of aromatic nitrogens is 3. The topological polar surface area (TPSA) is 88.3 Å². The summed E-state index contributed by atoms with van der Waals surface area (Å²) in [5, 5.41) is 9.02. The Hall–Kier alpha value is -3.22. The van der Waals surface area contributed by atoms with Crippen molar-refractivity contribution in [1.82, 2.24) is 14.5 Å². The van der Waals surface area contributed by atoms with Gasteiger partial charge in [-0.15, -0.1) is 0 Å². The molecule has 0 aliphatic carbocycles. The molecule has 0 saturated carbocycles. The summed E-state index contributed by atoms with van der Waals surface area (Å²) in [6.07, 6.45) is 3.28. The van der Waals surface area contributed by atoms with Crippen molar-refractivity contribution < 1.29 is 14.7 Å². The molecule has 0 saturated heterocycles. The fraction of sp³-hybridized carbons (Fsp3) is 0.300. The molecule has 2 aromatic heterocycles. The number of hydrogen-bond donors (Lipinski definition) is 1. The van der Waals surface area contributed by atoms with Gasteiger partial charge >= 0.3 is 5.97 Å². The highest BCUT2D eigenvalue weighted by molar-refractivity contribution is 6.07. The van der Waals surface area contributed by atoms with Gasteiger partial charge in [-0.25, -0.2) is 9.97 Å². The fourth-order valence-electron chi connectivity index (χ4n) is 3.03. The van der Waals surface area contributed by atoms with Crippen molar-refractivity contribution in [2.45, 2.75) is 26.2 Å². The van der Waals surface area contributed by atoms with Gasteiger partial charge in [0.15, 0.2) is 0 Å². The van der Waals surface area contributed by atoms with E-state index in [1.54, 1.807) is 36.5 Å². The third-order valence-electron chi connectivity index (χ3n) is 4.41. The van der Waals surface area contributed by atoms with E-state index in [-0.39, 0.29) is 18.9 Å². The molecule has 1 amide bonds. The van der Waals surface area contributed by atoms with Gasteiger partial charge in [0.2, 0.25) is 0 Å². The Balaban J connectivity index is 1.96. The van der Waals surface area contributed by atoms with E-state index >= 15 is 0 Å². The number of fused-ring (bicyclic) bond motifs is 1. The standard InChI is InChI=1S/C20H22N4O3/c1-3-6-18-22-15-13-14(8-9-16(15)23(18)2)20(27)24(12-10-19(25)26)17-7-4-5-11-21-17/h4-5,7-9,11,13H,3,6,10,12H2,1-2H3,(H,25,26). The number of benzene rings is 1. The molecule has 140 valence electrons. The normalized spacial score (nSPS) is 10.9. The minimum atomic E-state index is -0.965. The Morgan fingerprint density at radius 2 is 2.04 bits per heavy atom. The van der Waals surface area contributed by atoms with Crippen molar-refractivity contribution in [3.05, 3.63) is 54.0 Å². The summed E-state index contributed by atoms with van der Waals surface area (Å²) >= 11 is 0. The Kier molecular flexibility index (Phi) is 5.49. The SMILES string of the molecule is CCCc1nc2cc(C(=O)N(CCC(=O)O)c3ccccn3)ccc2n1C. The Morgan fingerprint density at radius 1 is 1.22 bits per heavy atom. The first-order chi connectivity index (χ1) is 13.0. The summed E-state index contributed by atoms with van der Waals surface area (Å²) < 4.78 is 2.04. The molecule has 2 heterocycles. The van der Waals surface area contributed by atoms with E-state index in [1.165, 1.54) is 4.90 Å². The van der Waals surface area contributed by atoms with Crippen LogP contribution in [0.25, 0.3) is 11.0 Å². The number of aliphatic carboxylic acids is 1. The van der Waals surface area contributed by atoms with Crippen LogP contribution >= 0.6 is 0 Å². The number of aryl methyl sites for hydroxylation is 2. The molecule has 3 rings (SSSR count). The van der Waals surface area contributed by atoms with Crippen LogP contribution in [0.5, 0.6) is 0 Å². The third kappa shape index (κ3) is 3.97. The third-order valence-corrected chi connectivity index (χ3v) is 4.41. The summed E-state index contributed by atoms with van der Waals surface area (Å²) in [5.41, 5.74) is 2.18. The number of carboxylic acid groups (broad SMARTS) is 1. The van der Waals surface area contributed by atoms with Crippen LogP contribution in [0.4, 0.5) is 5.82 Å². The van der Waals surface area contributed by atoms with E-state index in [0.717, 1.165) is 29.7 Å². The smallest absolute Gasteiger partial charge is 0.305 e. The van der Waals surface area contributed by atoms with Crippen LogP contribution in [0.2, 0.25) is 0 Å². The number of anilines is 1. The van der Waals surface area contributed by atoms with E-state index in [9.17, 15) is 9.59 Å². The molecule has 7 heteroatoms. The number of pyridine rings is 1.